The van der Waals surface area contributed by atoms with Crippen LogP contribution in [0, 0.1) is 0 Å². The Bertz CT molecular complexity index is 480. The summed E-state index contributed by atoms with van der Waals surface area (Å²) >= 11 is 0. The van der Waals surface area contributed by atoms with Gasteiger partial charge in [0.25, 0.3) is 0 Å². The maximum absolute atomic E-state index is 5.35. The molecule has 0 N–H and O–H groups in total. The number of benzene rings is 1. The van der Waals surface area contributed by atoms with Gasteiger partial charge in [-0.25, -0.2) is 0 Å². The maximum Gasteiger partial charge on any atom is 0.128 e. The average Bonchev–Trinajstić information content (AvgIpc) is 2.27. The van der Waals surface area contributed by atoms with Crippen LogP contribution in [0.3, 0.4) is 0 Å². The summed E-state index contributed by atoms with van der Waals surface area (Å²) in [5.41, 5.74) is 1.26. The summed E-state index contributed by atoms with van der Waals surface area (Å²) in [5, 5.41) is 9.84. The van der Waals surface area contributed by atoms with Crippen molar-refractivity contribution < 1.29 is 4.74 Å². The minimum absolute atomic E-state index is 0.483. The van der Waals surface area contributed by atoms with E-state index in [0.29, 0.717) is 5.92 Å². The maximum atomic E-state index is 5.35. The van der Waals surface area contributed by atoms with Gasteiger partial charge < -0.3 is 4.74 Å². The molecule has 1 aromatic heterocycles. The molecule has 1 heterocycles. The van der Waals surface area contributed by atoms with Crippen molar-refractivity contribution >= 4 is 10.8 Å². The van der Waals surface area contributed by atoms with Gasteiger partial charge in [-0.1, -0.05) is 13.8 Å². The molecule has 1 aromatic carbocycles. The third kappa shape index (κ3) is 1.77. The predicted octanol–water partition coefficient (Wildman–Crippen LogP) is 2.76. The van der Waals surface area contributed by atoms with Gasteiger partial charge in [0.15, 0.2) is 0 Å². The van der Waals surface area contributed by atoms with Crippen LogP contribution in [-0.2, 0) is 0 Å². The second kappa shape index (κ2) is 3.85. The van der Waals surface area contributed by atoms with Gasteiger partial charge in [-0.3, -0.25) is 0 Å². The molecule has 0 aliphatic rings. The molecule has 3 nitrogen and oxygen atoms in total. The first-order valence-corrected chi connectivity index (χ1v) is 5.00. The first kappa shape index (κ1) is 9.90. The standard InChI is InChI=1S/C12H14N2O/c1-8(2)9-4-10-6-13-14-7-11(10)12(5-9)15-3/h4-8H,1-3H3. The third-order valence-electron chi connectivity index (χ3n) is 2.53. The number of hydrogen-bond donors (Lipinski definition) is 0. The van der Waals surface area contributed by atoms with E-state index in [4.69, 9.17) is 4.74 Å². The summed E-state index contributed by atoms with van der Waals surface area (Å²) in [4.78, 5) is 0. The number of fused-ring (bicyclic) bond motifs is 1. The van der Waals surface area contributed by atoms with Crippen LogP contribution < -0.4 is 4.74 Å². The SMILES string of the molecule is COc1cc(C(C)C)cc2cnncc12. The van der Waals surface area contributed by atoms with Crippen LogP contribution in [0.15, 0.2) is 24.5 Å². The van der Waals surface area contributed by atoms with Gasteiger partial charge >= 0.3 is 0 Å². The van der Waals surface area contributed by atoms with E-state index >= 15 is 0 Å². The Hall–Kier alpha value is -1.64. The minimum Gasteiger partial charge on any atom is -0.496 e. The highest BCUT2D eigenvalue weighted by atomic mass is 16.5. The van der Waals surface area contributed by atoms with Gasteiger partial charge in [0.1, 0.15) is 5.75 Å². The lowest BCUT2D eigenvalue weighted by atomic mass is 10.00. The highest BCUT2D eigenvalue weighted by Gasteiger charge is 2.07. The molecule has 0 saturated carbocycles. The predicted molar refractivity (Wildman–Crippen MR) is 60.2 cm³/mol. The average molecular weight is 202 g/mol. The Morgan fingerprint density at radius 1 is 1.13 bits per heavy atom. The van der Waals surface area contributed by atoms with Gasteiger partial charge in [-0.2, -0.15) is 10.2 Å². The summed E-state index contributed by atoms with van der Waals surface area (Å²) < 4.78 is 5.35. The van der Waals surface area contributed by atoms with E-state index in [2.05, 4.69) is 36.2 Å². The Balaban J connectivity index is 2.71. The Morgan fingerprint density at radius 2 is 1.87 bits per heavy atom. The van der Waals surface area contributed by atoms with Crippen LogP contribution >= 0.6 is 0 Å². The smallest absolute Gasteiger partial charge is 0.128 e. The fourth-order valence-corrected chi connectivity index (χ4v) is 1.60. The van der Waals surface area contributed by atoms with E-state index in [0.717, 1.165) is 16.5 Å². The summed E-state index contributed by atoms with van der Waals surface area (Å²) in [6.07, 6.45) is 3.50. The van der Waals surface area contributed by atoms with E-state index in [1.54, 1.807) is 19.5 Å². The van der Waals surface area contributed by atoms with Crippen LogP contribution in [0.2, 0.25) is 0 Å². The van der Waals surface area contributed by atoms with Crippen LogP contribution in [0.5, 0.6) is 5.75 Å². The van der Waals surface area contributed by atoms with Crippen LogP contribution in [0.25, 0.3) is 10.8 Å². The van der Waals surface area contributed by atoms with Crippen molar-refractivity contribution in [2.75, 3.05) is 7.11 Å². The van der Waals surface area contributed by atoms with Gasteiger partial charge in [-0.05, 0) is 23.6 Å². The molecule has 0 amide bonds. The second-order valence-electron chi connectivity index (χ2n) is 3.87. The monoisotopic (exact) mass is 202 g/mol. The lowest BCUT2D eigenvalue weighted by Crippen LogP contribution is -1.93. The van der Waals surface area contributed by atoms with Gasteiger partial charge in [0.05, 0.1) is 19.5 Å². The molecule has 0 spiro atoms. The summed E-state index contributed by atoms with van der Waals surface area (Å²) in [6.45, 7) is 4.32. The van der Waals surface area contributed by atoms with E-state index < -0.39 is 0 Å². The minimum atomic E-state index is 0.483. The number of aromatic nitrogens is 2. The molecule has 2 aromatic rings. The number of hydrogen-bond acceptors (Lipinski definition) is 3. The number of rotatable bonds is 2. The van der Waals surface area contributed by atoms with Gasteiger partial charge in [-0.15, -0.1) is 0 Å². The van der Waals surface area contributed by atoms with Gasteiger partial charge in [0.2, 0.25) is 0 Å². The second-order valence-corrected chi connectivity index (χ2v) is 3.87. The first-order valence-electron chi connectivity index (χ1n) is 5.00. The molecule has 0 saturated heterocycles. The van der Waals surface area contributed by atoms with Crippen LogP contribution in [0.4, 0.5) is 0 Å². The topological polar surface area (TPSA) is 35.0 Å². The number of nitrogens with zero attached hydrogens (tertiary/aromatic N) is 2. The molecule has 78 valence electrons. The number of ether oxygens (including phenoxy) is 1. The van der Waals surface area contributed by atoms with Crippen molar-refractivity contribution in [2.45, 2.75) is 19.8 Å². The van der Waals surface area contributed by atoms with Crippen LogP contribution in [0.1, 0.15) is 25.3 Å². The quantitative estimate of drug-likeness (QED) is 0.751. The van der Waals surface area contributed by atoms with Crippen molar-refractivity contribution in [3.63, 3.8) is 0 Å². The number of methoxy groups -OCH3 is 1. The summed E-state index contributed by atoms with van der Waals surface area (Å²) in [7, 11) is 1.68. The van der Waals surface area contributed by atoms with Crippen molar-refractivity contribution in [3.05, 3.63) is 30.1 Å². The van der Waals surface area contributed by atoms with Crippen molar-refractivity contribution in [1.82, 2.24) is 10.2 Å². The molecule has 0 atom stereocenters. The zero-order valence-electron chi connectivity index (χ0n) is 9.19. The van der Waals surface area contributed by atoms with E-state index in [9.17, 15) is 0 Å². The fourth-order valence-electron chi connectivity index (χ4n) is 1.60. The summed E-state index contributed by atoms with van der Waals surface area (Å²) in [6, 6.07) is 4.20. The van der Waals surface area contributed by atoms with E-state index in [1.165, 1.54) is 5.56 Å². The lowest BCUT2D eigenvalue weighted by Gasteiger charge is -2.10. The summed E-state index contributed by atoms with van der Waals surface area (Å²) in [5.74, 6) is 1.35. The van der Waals surface area contributed by atoms with E-state index in [1.807, 2.05) is 0 Å². The zero-order valence-corrected chi connectivity index (χ0v) is 9.19. The highest BCUT2D eigenvalue weighted by Crippen LogP contribution is 2.29. The molecular formula is C12H14N2O. The Morgan fingerprint density at radius 3 is 2.53 bits per heavy atom. The molecule has 0 aliphatic heterocycles. The van der Waals surface area contributed by atoms with Crippen LogP contribution in [-0.4, -0.2) is 17.3 Å². The van der Waals surface area contributed by atoms with Crippen molar-refractivity contribution in [2.24, 2.45) is 0 Å². The van der Waals surface area contributed by atoms with Gasteiger partial charge in [0, 0.05) is 10.8 Å². The molecule has 15 heavy (non-hydrogen) atoms. The Labute approximate surface area is 89.1 Å². The molecule has 0 aliphatic carbocycles. The zero-order chi connectivity index (χ0) is 10.8. The normalized spacial score (nSPS) is 10.9. The fraction of sp³-hybridized carbons (Fsp3) is 0.333. The molecule has 0 bridgehead atoms. The largest absolute Gasteiger partial charge is 0.496 e. The molecule has 3 heteroatoms. The Kier molecular flexibility index (Phi) is 2.54. The highest BCUT2D eigenvalue weighted by molar-refractivity contribution is 5.87. The van der Waals surface area contributed by atoms with Crippen molar-refractivity contribution in [1.29, 1.82) is 0 Å². The van der Waals surface area contributed by atoms with Crippen molar-refractivity contribution in [3.8, 4) is 5.75 Å². The molecule has 2 rings (SSSR count). The lowest BCUT2D eigenvalue weighted by molar-refractivity contribution is 0.419. The van der Waals surface area contributed by atoms with E-state index in [-0.39, 0.29) is 0 Å². The molecule has 0 fully saturated rings. The third-order valence-corrected chi connectivity index (χ3v) is 2.53. The molecule has 0 unspecified atom stereocenters. The first-order chi connectivity index (χ1) is 7.22. The molecular weight excluding hydrogens is 188 g/mol. The molecule has 0 radical (unpaired) electrons.